The number of nitrogens with zero attached hydrogens (tertiary/aromatic N) is 2. The maximum Gasteiger partial charge on any atom is 0.261 e. The van der Waals surface area contributed by atoms with Crippen LogP contribution in [0.3, 0.4) is 0 Å². The van der Waals surface area contributed by atoms with Crippen molar-refractivity contribution in [2.75, 3.05) is 26.2 Å². The van der Waals surface area contributed by atoms with Gasteiger partial charge in [0, 0.05) is 25.0 Å². The summed E-state index contributed by atoms with van der Waals surface area (Å²) in [7, 11) is 0. The van der Waals surface area contributed by atoms with Crippen LogP contribution in [0.4, 0.5) is 8.78 Å². The molecule has 0 radical (unpaired) electrons. The minimum Gasteiger partial charge on any atom is -0.301 e. The Morgan fingerprint density at radius 1 is 0.833 bits per heavy atom. The van der Waals surface area contributed by atoms with Crippen LogP contribution in [0.1, 0.15) is 47.0 Å². The average molecular weight is 262 g/mol. The predicted molar refractivity (Wildman–Crippen MR) is 72.2 cm³/mol. The smallest absolute Gasteiger partial charge is 0.261 e. The Kier molecular flexibility index (Phi) is 5.99. The van der Waals surface area contributed by atoms with Crippen molar-refractivity contribution < 1.29 is 8.78 Å². The van der Waals surface area contributed by atoms with E-state index in [1.807, 2.05) is 13.8 Å². The topological polar surface area (TPSA) is 6.48 Å². The molecule has 0 aromatic carbocycles. The van der Waals surface area contributed by atoms with Crippen molar-refractivity contribution in [3.8, 4) is 0 Å². The molecule has 0 bridgehead atoms. The normalized spacial score (nSPS) is 24.7. The molecule has 0 atom stereocenters. The largest absolute Gasteiger partial charge is 0.301 e. The minimum absolute atomic E-state index is 0.0329. The van der Waals surface area contributed by atoms with Gasteiger partial charge in [-0.3, -0.25) is 4.90 Å². The van der Waals surface area contributed by atoms with E-state index < -0.39 is 5.92 Å². The molecule has 0 aromatic rings. The van der Waals surface area contributed by atoms with E-state index in [0.29, 0.717) is 6.54 Å². The first kappa shape index (κ1) is 15.8. The van der Waals surface area contributed by atoms with Crippen LogP contribution in [-0.2, 0) is 0 Å². The van der Waals surface area contributed by atoms with Gasteiger partial charge >= 0.3 is 0 Å². The van der Waals surface area contributed by atoms with Crippen molar-refractivity contribution in [3.05, 3.63) is 0 Å². The molecular formula is C14H28F2N2. The molecule has 0 aromatic heterocycles. The molecule has 0 spiro atoms. The van der Waals surface area contributed by atoms with Crippen molar-refractivity contribution in [1.29, 1.82) is 0 Å². The van der Waals surface area contributed by atoms with Crippen LogP contribution >= 0.6 is 0 Å². The number of alkyl halides is 2. The molecule has 0 saturated carbocycles. The third-order valence-corrected chi connectivity index (χ3v) is 3.80. The third kappa shape index (κ3) is 5.19. The van der Waals surface area contributed by atoms with Gasteiger partial charge in [0.15, 0.2) is 0 Å². The summed E-state index contributed by atoms with van der Waals surface area (Å²) >= 11 is 0. The molecule has 2 heterocycles. The average Bonchev–Trinajstić information content (AvgIpc) is 2.87. The van der Waals surface area contributed by atoms with Gasteiger partial charge < -0.3 is 4.90 Å². The molecule has 2 saturated heterocycles. The standard InChI is InChI=1S/C7H13F2N.C7H15N/c1-6(2)10-4-3-7(8,9)5-10;1-7(2)8-5-3-4-6-8/h6H,3-5H2,1-2H3;7H,3-6H2,1-2H3. The Morgan fingerprint density at radius 2 is 1.33 bits per heavy atom. The van der Waals surface area contributed by atoms with E-state index in [1.54, 1.807) is 4.90 Å². The molecule has 2 aliphatic rings. The van der Waals surface area contributed by atoms with E-state index in [4.69, 9.17) is 0 Å². The molecule has 108 valence electrons. The van der Waals surface area contributed by atoms with Gasteiger partial charge in [-0.2, -0.15) is 0 Å². The molecular weight excluding hydrogens is 234 g/mol. The maximum absolute atomic E-state index is 12.5. The van der Waals surface area contributed by atoms with Gasteiger partial charge in [0.25, 0.3) is 5.92 Å². The second-order valence-electron chi connectivity index (χ2n) is 6.01. The Morgan fingerprint density at radius 3 is 1.56 bits per heavy atom. The summed E-state index contributed by atoms with van der Waals surface area (Å²) in [5.74, 6) is -2.43. The zero-order chi connectivity index (χ0) is 13.8. The van der Waals surface area contributed by atoms with Crippen molar-refractivity contribution >= 4 is 0 Å². The van der Waals surface area contributed by atoms with Crippen LogP contribution in [0, 0.1) is 0 Å². The highest BCUT2D eigenvalue weighted by Gasteiger charge is 2.38. The minimum atomic E-state index is -2.43. The van der Waals surface area contributed by atoms with E-state index in [0.717, 1.165) is 6.04 Å². The van der Waals surface area contributed by atoms with Gasteiger partial charge in [0.05, 0.1) is 6.54 Å². The SMILES string of the molecule is CC(C)N1CCC(F)(F)C1.CC(C)N1CCCC1. The van der Waals surface area contributed by atoms with Crippen molar-refractivity contribution in [1.82, 2.24) is 9.80 Å². The number of hydrogen-bond donors (Lipinski definition) is 0. The summed E-state index contributed by atoms with van der Waals surface area (Å²) in [5.41, 5.74) is 0. The van der Waals surface area contributed by atoms with Gasteiger partial charge in [-0.1, -0.05) is 0 Å². The summed E-state index contributed by atoms with van der Waals surface area (Å²) in [6.45, 7) is 11.6. The summed E-state index contributed by atoms with van der Waals surface area (Å²) in [4.78, 5) is 4.33. The second kappa shape index (κ2) is 6.80. The molecule has 0 N–H and O–H groups in total. The first-order valence-electron chi connectivity index (χ1n) is 7.18. The quantitative estimate of drug-likeness (QED) is 0.754. The van der Waals surface area contributed by atoms with Gasteiger partial charge in [0.2, 0.25) is 0 Å². The molecule has 2 aliphatic heterocycles. The summed E-state index contributed by atoms with van der Waals surface area (Å²) in [5, 5.41) is 0. The van der Waals surface area contributed by atoms with E-state index >= 15 is 0 Å². The van der Waals surface area contributed by atoms with Gasteiger partial charge in [0.1, 0.15) is 0 Å². The highest BCUT2D eigenvalue weighted by atomic mass is 19.3. The van der Waals surface area contributed by atoms with Crippen molar-refractivity contribution in [2.24, 2.45) is 0 Å². The maximum atomic E-state index is 12.5. The second-order valence-corrected chi connectivity index (χ2v) is 6.01. The molecule has 2 rings (SSSR count). The molecule has 18 heavy (non-hydrogen) atoms. The summed E-state index contributed by atoms with van der Waals surface area (Å²) in [6.07, 6.45) is 2.86. The Bertz CT molecular complexity index is 236. The third-order valence-electron chi connectivity index (χ3n) is 3.80. The molecule has 0 amide bonds. The first-order chi connectivity index (χ1) is 8.32. The lowest BCUT2D eigenvalue weighted by Crippen LogP contribution is -2.30. The van der Waals surface area contributed by atoms with E-state index in [2.05, 4.69) is 18.7 Å². The molecule has 0 aliphatic carbocycles. The van der Waals surface area contributed by atoms with Gasteiger partial charge in [-0.15, -0.1) is 0 Å². The molecule has 0 unspecified atom stereocenters. The highest BCUT2D eigenvalue weighted by Crippen LogP contribution is 2.27. The monoisotopic (exact) mass is 262 g/mol. The van der Waals surface area contributed by atoms with Crippen LogP contribution in [0.2, 0.25) is 0 Å². The van der Waals surface area contributed by atoms with Crippen LogP contribution in [0.15, 0.2) is 0 Å². The Balaban J connectivity index is 0.000000184. The number of rotatable bonds is 2. The van der Waals surface area contributed by atoms with E-state index in [-0.39, 0.29) is 19.0 Å². The fourth-order valence-electron chi connectivity index (χ4n) is 2.46. The molecule has 4 heteroatoms. The van der Waals surface area contributed by atoms with Crippen molar-refractivity contribution in [2.45, 2.75) is 65.0 Å². The lowest BCUT2D eigenvalue weighted by molar-refractivity contribution is 0.00921. The Hall–Kier alpha value is -0.220. The van der Waals surface area contributed by atoms with E-state index in [1.165, 1.54) is 25.9 Å². The number of hydrogen-bond acceptors (Lipinski definition) is 2. The van der Waals surface area contributed by atoms with Gasteiger partial charge in [-0.25, -0.2) is 8.78 Å². The zero-order valence-electron chi connectivity index (χ0n) is 12.3. The Labute approximate surface area is 110 Å². The lowest BCUT2D eigenvalue weighted by Gasteiger charge is -2.19. The number of likely N-dealkylation sites (tertiary alicyclic amines) is 2. The first-order valence-corrected chi connectivity index (χ1v) is 7.18. The van der Waals surface area contributed by atoms with Crippen LogP contribution in [0.5, 0.6) is 0 Å². The van der Waals surface area contributed by atoms with Gasteiger partial charge in [-0.05, 0) is 53.6 Å². The van der Waals surface area contributed by atoms with Crippen molar-refractivity contribution in [3.63, 3.8) is 0 Å². The summed E-state index contributed by atoms with van der Waals surface area (Å²) < 4.78 is 25.0. The van der Waals surface area contributed by atoms with E-state index in [9.17, 15) is 8.78 Å². The van der Waals surface area contributed by atoms with Crippen LogP contribution < -0.4 is 0 Å². The lowest BCUT2D eigenvalue weighted by atomic mass is 10.3. The fraction of sp³-hybridized carbons (Fsp3) is 1.00. The predicted octanol–water partition coefficient (Wildman–Crippen LogP) is 3.23. The molecule has 2 nitrogen and oxygen atoms in total. The van der Waals surface area contributed by atoms with Crippen LogP contribution in [-0.4, -0.2) is 54.0 Å². The van der Waals surface area contributed by atoms with Crippen LogP contribution in [0.25, 0.3) is 0 Å². The molecule has 2 fully saturated rings. The summed E-state index contributed by atoms with van der Waals surface area (Å²) in [6, 6.07) is 1.03. The highest BCUT2D eigenvalue weighted by molar-refractivity contribution is 4.83. The fourth-order valence-corrected chi connectivity index (χ4v) is 2.46. The zero-order valence-corrected chi connectivity index (χ0v) is 12.3. The number of halogens is 2.